The SMILES string of the molecule is CCN1c2c(O)cccc2NC(=O)C1(C)C. The zero-order valence-corrected chi connectivity index (χ0v) is 9.74. The molecule has 1 aromatic carbocycles. The number of carbonyl (C=O) groups is 1. The van der Waals surface area contributed by atoms with Crippen LogP contribution in [0.15, 0.2) is 18.2 Å². The van der Waals surface area contributed by atoms with E-state index in [1.165, 1.54) is 0 Å². The van der Waals surface area contributed by atoms with Crippen LogP contribution in [0.4, 0.5) is 11.4 Å². The molecule has 1 aliphatic rings. The summed E-state index contributed by atoms with van der Waals surface area (Å²) in [6, 6.07) is 5.15. The first kappa shape index (κ1) is 10.8. The van der Waals surface area contributed by atoms with Crippen LogP contribution in [0.5, 0.6) is 5.75 Å². The van der Waals surface area contributed by atoms with Gasteiger partial charge in [0.1, 0.15) is 17.0 Å². The Hall–Kier alpha value is -1.71. The second kappa shape index (κ2) is 3.40. The van der Waals surface area contributed by atoms with Gasteiger partial charge in [-0.25, -0.2) is 0 Å². The predicted molar refractivity (Wildman–Crippen MR) is 63.8 cm³/mol. The number of anilines is 2. The molecule has 2 N–H and O–H groups in total. The highest BCUT2D eigenvalue weighted by molar-refractivity contribution is 6.07. The largest absolute Gasteiger partial charge is 0.506 e. The van der Waals surface area contributed by atoms with Gasteiger partial charge in [0.25, 0.3) is 0 Å². The number of hydrogen-bond donors (Lipinski definition) is 2. The Morgan fingerprint density at radius 3 is 2.75 bits per heavy atom. The number of likely N-dealkylation sites (N-methyl/N-ethyl adjacent to an activating group) is 1. The standard InChI is InChI=1S/C12H16N2O2/c1-4-14-10-8(6-5-7-9(10)15)13-11(16)12(14,2)3/h5-7,15H,4H2,1-3H3,(H,13,16). The summed E-state index contributed by atoms with van der Waals surface area (Å²) in [5.41, 5.74) is 0.737. The summed E-state index contributed by atoms with van der Waals surface area (Å²) < 4.78 is 0. The molecule has 0 saturated carbocycles. The maximum absolute atomic E-state index is 11.9. The number of hydrogen-bond acceptors (Lipinski definition) is 3. The molecule has 1 heterocycles. The van der Waals surface area contributed by atoms with Gasteiger partial charge in [-0.2, -0.15) is 0 Å². The lowest BCUT2D eigenvalue weighted by atomic mass is 9.96. The molecule has 86 valence electrons. The third-order valence-corrected chi connectivity index (χ3v) is 3.08. The van der Waals surface area contributed by atoms with Crippen LogP contribution in [0.25, 0.3) is 0 Å². The van der Waals surface area contributed by atoms with Gasteiger partial charge in [0, 0.05) is 6.54 Å². The fourth-order valence-corrected chi connectivity index (χ4v) is 2.15. The topological polar surface area (TPSA) is 52.6 Å². The third-order valence-electron chi connectivity index (χ3n) is 3.08. The number of phenols is 1. The molecule has 0 saturated heterocycles. The number of amides is 1. The van der Waals surface area contributed by atoms with E-state index in [2.05, 4.69) is 5.32 Å². The van der Waals surface area contributed by atoms with Gasteiger partial charge < -0.3 is 15.3 Å². The Bertz CT molecular complexity index is 441. The first-order valence-corrected chi connectivity index (χ1v) is 5.39. The monoisotopic (exact) mass is 220 g/mol. The Kier molecular flexibility index (Phi) is 2.30. The van der Waals surface area contributed by atoms with Crippen molar-refractivity contribution in [3.05, 3.63) is 18.2 Å². The van der Waals surface area contributed by atoms with E-state index >= 15 is 0 Å². The van der Waals surface area contributed by atoms with Crippen molar-refractivity contribution < 1.29 is 9.90 Å². The Morgan fingerprint density at radius 1 is 1.44 bits per heavy atom. The lowest BCUT2D eigenvalue weighted by molar-refractivity contribution is -0.120. The smallest absolute Gasteiger partial charge is 0.249 e. The number of benzene rings is 1. The summed E-state index contributed by atoms with van der Waals surface area (Å²) in [7, 11) is 0. The van der Waals surface area contributed by atoms with Gasteiger partial charge in [0.15, 0.2) is 0 Å². The van der Waals surface area contributed by atoms with Crippen LogP contribution in [0.1, 0.15) is 20.8 Å². The summed E-state index contributed by atoms with van der Waals surface area (Å²) in [5.74, 6) is 0.153. The molecule has 4 nitrogen and oxygen atoms in total. The van der Waals surface area contributed by atoms with E-state index in [-0.39, 0.29) is 11.7 Å². The molecule has 1 amide bonds. The van der Waals surface area contributed by atoms with Gasteiger partial charge in [-0.1, -0.05) is 6.07 Å². The van der Waals surface area contributed by atoms with E-state index in [4.69, 9.17) is 0 Å². The zero-order chi connectivity index (χ0) is 11.9. The van der Waals surface area contributed by atoms with E-state index in [0.717, 1.165) is 0 Å². The fourth-order valence-electron chi connectivity index (χ4n) is 2.15. The number of nitrogens with zero attached hydrogens (tertiary/aromatic N) is 1. The van der Waals surface area contributed by atoms with E-state index in [0.29, 0.717) is 17.9 Å². The van der Waals surface area contributed by atoms with Crippen molar-refractivity contribution in [1.82, 2.24) is 0 Å². The number of aromatic hydroxyl groups is 1. The highest BCUT2D eigenvalue weighted by atomic mass is 16.3. The second-order valence-electron chi connectivity index (χ2n) is 4.43. The van der Waals surface area contributed by atoms with E-state index in [1.807, 2.05) is 25.7 Å². The summed E-state index contributed by atoms with van der Waals surface area (Å²) in [4.78, 5) is 13.8. The second-order valence-corrected chi connectivity index (χ2v) is 4.43. The average Bonchev–Trinajstić information content (AvgIpc) is 2.21. The van der Waals surface area contributed by atoms with Crippen LogP contribution >= 0.6 is 0 Å². The van der Waals surface area contributed by atoms with Crippen LogP contribution < -0.4 is 10.2 Å². The minimum Gasteiger partial charge on any atom is -0.506 e. The lowest BCUT2D eigenvalue weighted by Gasteiger charge is -2.43. The minimum absolute atomic E-state index is 0.0487. The van der Waals surface area contributed by atoms with E-state index in [9.17, 15) is 9.90 Å². The highest BCUT2D eigenvalue weighted by Crippen LogP contribution is 2.42. The molecule has 1 aromatic rings. The molecule has 16 heavy (non-hydrogen) atoms. The van der Waals surface area contributed by atoms with Crippen LogP contribution in [-0.2, 0) is 4.79 Å². The number of nitrogens with one attached hydrogen (secondary N) is 1. The Labute approximate surface area is 94.9 Å². The van der Waals surface area contributed by atoms with Crippen LogP contribution in [0.3, 0.4) is 0 Å². The third kappa shape index (κ3) is 1.33. The molecule has 0 aromatic heterocycles. The fraction of sp³-hybridized carbons (Fsp3) is 0.417. The molecule has 0 unspecified atom stereocenters. The summed E-state index contributed by atoms with van der Waals surface area (Å²) in [6.07, 6.45) is 0. The lowest BCUT2D eigenvalue weighted by Crippen LogP contribution is -2.56. The molecule has 0 fully saturated rings. The van der Waals surface area contributed by atoms with E-state index < -0.39 is 5.54 Å². The van der Waals surface area contributed by atoms with Crippen molar-refractivity contribution in [2.45, 2.75) is 26.3 Å². The maximum atomic E-state index is 11.9. The number of fused-ring (bicyclic) bond motifs is 1. The van der Waals surface area contributed by atoms with Gasteiger partial charge >= 0.3 is 0 Å². The number of carbonyl (C=O) groups excluding carboxylic acids is 1. The van der Waals surface area contributed by atoms with Crippen molar-refractivity contribution in [2.75, 3.05) is 16.8 Å². The van der Waals surface area contributed by atoms with Crippen molar-refractivity contribution in [1.29, 1.82) is 0 Å². The number of rotatable bonds is 1. The quantitative estimate of drug-likeness (QED) is 0.760. The summed E-state index contributed by atoms with van der Waals surface area (Å²) in [6.45, 7) is 6.34. The molecule has 0 spiro atoms. The van der Waals surface area contributed by atoms with Crippen LogP contribution in [0.2, 0.25) is 0 Å². The molecular formula is C12H16N2O2. The predicted octanol–water partition coefficient (Wildman–Crippen LogP) is 1.95. The van der Waals surface area contributed by atoms with Gasteiger partial charge in [0.2, 0.25) is 5.91 Å². The number of para-hydroxylation sites is 1. The molecule has 0 atom stereocenters. The van der Waals surface area contributed by atoms with Gasteiger partial charge in [-0.3, -0.25) is 4.79 Å². The maximum Gasteiger partial charge on any atom is 0.249 e. The van der Waals surface area contributed by atoms with Crippen molar-refractivity contribution in [3.63, 3.8) is 0 Å². The van der Waals surface area contributed by atoms with Gasteiger partial charge in [-0.15, -0.1) is 0 Å². The van der Waals surface area contributed by atoms with Gasteiger partial charge in [-0.05, 0) is 32.9 Å². The van der Waals surface area contributed by atoms with Crippen LogP contribution in [-0.4, -0.2) is 23.1 Å². The highest BCUT2D eigenvalue weighted by Gasteiger charge is 2.40. The summed E-state index contributed by atoms with van der Waals surface area (Å²) in [5, 5.41) is 12.7. The molecular weight excluding hydrogens is 204 g/mol. The van der Waals surface area contributed by atoms with Crippen molar-refractivity contribution in [3.8, 4) is 5.75 Å². The van der Waals surface area contributed by atoms with Crippen molar-refractivity contribution >= 4 is 17.3 Å². The van der Waals surface area contributed by atoms with Gasteiger partial charge in [0.05, 0.1) is 5.69 Å². The molecule has 4 heteroatoms. The van der Waals surface area contributed by atoms with E-state index in [1.54, 1.807) is 18.2 Å². The first-order valence-electron chi connectivity index (χ1n) is 5.39. The molecule has 0 radical (unpaired) electrons. The molecule has 0 bridgehead atoms. The Balaban J connectivity index is 2.63. The zero-order valence-electron chi connectivity index (χ0n) is 9.74. The molecule has 2 rings (SSSR count). The minimum atomic E-state index is -0.638. The number of phenolic OH excluding ortho intramolecular Hbond substituents is 1. The van der Waals surface area contributed by atoms with Crippen LogP contribution in [0, 0.1) is 0 Å². The molecule has 1 aliphatic heterocycles. The normalized spacial score (nSPS) is 17.9. The first-order chi connectivity index (χ1) is 7.48. The average molecular weight is 220 g/mol. The Morgan fingerprint density at radius 2 is 2.12 bits per heavy atom. The summed E-state index contributed by atoms with van der Waals surface area (Å²) >= 11 is 0. The van der Waals surface area contributed by atoms with Crippen molar-refractivity contribution in [2.24, 2.45) is 0 Å². The molecule has 0 aliphatic carbocycles.